The van der Waals surface area contributed by atoms with Crippen molar-refractivity contribution in [1.82, 2.24) is 15.1 Å². The molecule has 0 fully saturated rings. The van der Waals surface area contributed by atoms with Crippen LogP contribution in [0.3, 0.4) is 0 Å². The third-order valence-corrected chi connectivity index (χ3v) is 2.35. The molecule has 1 aromatic rings. The van der Waals surface area contributed by atoms with Crippen molar-refractivity contribution in [2.45, 2.75) is 26.3 Å². The molecule has 1 amide bonds. The predicted octanol–water partition coefficient (Wildman–Crippen LogP) is 0.735. The van der Waals surface area contributed by atoms with Crippen LogP contribution < -0.4 is 0 Å². The van der Waals surface area contributed by atoms with Gasteiger partial charge in [0.25, 0.3) is 5.91 Å². The molecule has 0 aliphatic carbocycles. The molecule has 1 rings (SSSR count). The third-order valence-electron chi connectivity index (χ3n) is 2.35. The van der Waals surface area contributed by atoms with Gasteiger partial charge >= 0.3 is 5.97 Å². The van der Waals surface area contributed by atoms with Crippen molar-refractivity contribution in [3.05, 3.63) is 18.0 Å². The highest BCUT2D eigenvalue weighted by molar-refractivity contribution is 5.94. The van der Waals surface area contributed by atoms with Gasteiger partial charge in [-0.25, -0.2) is 0 Å². The summed E-state index contributed by atoms with van der Waals surface area (Å²) in [5.41, 5.74) is 0.444. The number of H-pyrrole nitrogens is 1. The lowest BCUT2D eigenvalue weighted by Gasteiger charge is -2.26. The highest BCUT2D eigenvalue weighted by atomic mass is 16.4. The molecule has 0 bridgehead atoms. The van der Waals surface area contributed by atoms with E-state index in [1.807, 2.05) is 6.92 Å². The van der Waals surface area contributed by atoms with Crippen molar-refractivity contribution in [3.8, 4) is 0 Å². The molecule has 16 heavy (non-hydrogen) atoms. The highest BCUT2D eigenvalue weighted by Crippen LogP contribution is 2.09. The molecule has 0 radical (unpaired) electrons. The first kappa shape index (κ1) is 12.2. The maximum atomic E-state index is 11.9. The van der Waals surface area contributed by atoms with Gasteiger partial charge in [-0.15, -0.1) is 0 Å². The van der Waals surface area contributed by atoms with Crippen LogP contribution in [0.1, 0.15) is 30.6 Å². The molecule has 1 atom stereocenters. The molecule has 1 unspecified atom stereocenters. The van der Waals surface area contributed by atoms with Crippen molar-refractivity contribution < 1.29 is 14.7 Å². The minimum atomic E-state index is -0.911. The lowest BCUT2D eigenvalue weighted by Crippen LogP contribution is -2.39. The number of nitrogens with zero attached hydrogens (tertiary/aromatic N) is 2. The summed E-state index contributed by atoms with van der Waals surface area (Å²) in [6.45, 7) is 4.00. The Labute approximate surface area is 93.3 Å². The van der Waals surface area contributed by atoms with E-state index >= 15 is 0 Å². The average molecular weight is 225 g/mol. The van der Waals surface area contributed by atoms with Gasteiger partial charge in [0.2, 0.25) is 0 Å². The Kier molecular flexibility index (Phi) is 4.04. The van der Waals surface area contributed by atoms with E-state index < -0.39 is 5.97 Å². The van der Waals surface area contributed by atoms with Crippen LogP contribution in [-0.4, -0.2) is 44.7 Å². The molecule has 0 aliphatic heterocycles. The van der Waals surface area contributed by atoms with Gasteiger partial charge in [-0.05, 0) is 13.8 Å². The number of aromatic amines is 1. The van der Waals surface area contributed by atoms with Crippen LogP contribution in [0.2, 0.25) is 0 Å². The van der Waals surface area contributed by atoms with Gasteiger partial charge in [-0.2, -0.15) is 5.10 Å². The Morgan fingerprint density at radius 1 is 1.62 bits per heavy atom. The summed E-state index contributed by atoms with van der Waals surface area (Å²) in [7, 11) is 0. The van der Waals surface area contributed by atoms with Crippen LogP contribution in [0.4, 0.5) is 0 Å². The van der Waals surface area contributed by atoms with E-state index in [-0.39, 0.29) is 18.4 Å². The van der Waals surface area contributed by atoms with Crippen LogP contribution in [0, 0.1) is 0 Å². The Morgan fingerprint density at radius 3 is 2.75 bits per heavy atom. The molecular formula is C10H15N3O3. The van der Waals surface area contributed by atoms with Gasteiger partial charge in [0.15, 0.2) is 0 Å². The zero-order valence-electron chi connectivity index (χ0n) is 9.30. The zero-order chi connectivity index (χ0) is 12.1. The summed E-state index contributed by atoms with van der Waals surface area (Å²) in [5.74, 6) is -1.11. The molecule has 88 valence electrons. The molecule has 0 saturated heterocycles. The number of aromatic nitrogens is 2. The summed E-state index contributed by atoms with van der Waals surface area (Å²) < 4.78 is 0. The minimum Gasteiger partial charge on any atom is -0.481 e. The molecule has 1 heterocycles. The van der Waals surface area contributed by atoms with Gasteiger partial charge in [0, 0.05) is 18.8 Å². The fourth-order valence-corrected chi connectivity index (χ4v) is 1.55. The monoisotopic (exact) mass is 225 g/mol. The summed E-state index contributed by atoms with van der Waals surface area (Å²) >= 11 is 0. The first-order valence-corrected chi connectivity index (χ1v) is 5.07. The number of nitrogens with one attached hydrogen (secondary N) is 1. The smallest absolute Gasteiger partial charge is 0.305 e. The van der Waals surface area contributed by atoms with Crippen molar-refractivity contribution in [2.24, 2.45) is 0 Å². The molecule has 2 N–H and O–H groups in total. The van der Waals surface area contributed by atoms with Crippen molar-refractivity contribution in [3.63, 3.8) is 0 Å². The fourth-order valence-electron chi connectivity index (χ4n) is 1.55. The normalized spacial score (nSPS) is 12.1. The van der Waals surface area contributed by atoms with E-state index in [1.54, 1.807) is 6.92 Å². The quantitative estimate of drug-likeness (QED) is 0.773. The maximum absolute atomic E-state index is 11.9. The highest BCUT2D eigenvalue weighted by Gasteiger charge is 2.22. The third kappa shape index (κ3) is 2.82. The number of carbonyl (C=O) groups excluding carboxylic acids is 1. The van der Waals surface area contributed by atoms with Gasteiger partial charge in [-0.3, -0.25) is 14.7 Å². The van der Waals surface area contributed by atoms with Crippen LogP contribution in [-0.2, 0) is 4.79 Å². The van der Waals surface area contributed by atoms with Gasteiger partial charge in [0.1, 0.15) is 0 Å². The second kappa shape index (κ2) is 5.29. The average Bonchev–Trinajstić information content (AvgIpc) is 2.69. The van der Waals surface area contributed by atoms with Crippen molar-refractivity contribution in [1.29, 1.82) is 0 Å². The van der Waals surface area contributed by atoms with Gasteiger partial charge < -0.3 is 10.0 Å². The van der Waals surface area contributed by atoms with Crippen molar-refractivity contribution in [2.75, 3.05) is 6.54 Å². The fraction of sp³-hybridized carbons (Fsp3) is 0.500. The first-order chi connectivity index (χ1) is 7.56. The van der Waals surface area contributed by atoms with Gasteiger partial charge in [0.05, 0.1) is 18.2 Å². The van der Waals surface area contributed by atoms with E-state index in [1.165, 1.54) is 17.3 Å². The SMILES string of the molecule is CCN(C(=O)c1cn[nH]c1)C(C)CC(=O)O. The topological polar surface area (TPSA) is 86.3 Å². The Morgan fingerprint density at radius 2 is 2.31 bits per heavy atom. The number of carbonyl (C=O) groups is 2. The Balaban J connectivity index is 2.74. The number of rotatable bonds is 5. The summed E-state index contributed by atoms with van der Waals surface area (Å²) in [5, 5.41) is 14.9. The van der Waals surface area contributed by atoms with Crippen LogP contribution >= 0.6 is 0 Å². The minimum absolute atomic E-state index is 0.0581. The first-order valence-electron chi connectivity index (χ1n) is 5.07. The van der Waals surface area contributed by atoms with Crippen molar-refractivity contribution >= 4 is 11.9 Å². The molecule has 0 saturated carbocycles. The van der Waals surface area contributed by atoms with E-state index in [9.17, 15) is 9.59 Å². The number of amides is 1. The molecule has 0 aromatic carbocycles. The zero-order valence-corrected chi connectivity index (χ0v) is 9.30. The largest absolute Gasteiger partial charge is 0.481 e. The standard InChI is InChI=1S/C10H15N3O3/c1-3-13(7(2)4-9(14)15)10(16)8-5-11-12-6-8/h5-7H,3-4H2,1-2H3,(H,11,12)(H,14,15). The Hall–Kier alpha value is -1.85. The van der Waals surface area contributed by atoms with E-state index in [0.717, 1.165) is 0 Å². The van der Waals surface area contributed by atoms with Crippen LogP contribution in [0.5, 0.6) is 0 Å². The molecule has 1 aromatic heterocycles. The summed E-state index contributed by atoms with van der Waals surface area (Å²) in [4.78, 5) is 24.0. The number of aliphatic carboxylic acids is 1. The van der Waals surface area contributed by atoms with Crippen LogP contribution in [0.25, 0.3) is 0 Å². The summed E-state index contributed by atoms with van der Waals surface area (Å²) in [6, 6.07) is -0.329. The molecule has 0 spiro atoms. The Bertz CT molecular complexity index is 361. The molecule has 6 heteroatoms. The lowest BCUT2D eigenvalue weighted by atomic mass is 10.2. The molecule has 6 nitrogen and oxygen atoms in total. The second-order valence-electron chi connectivity index (χ2n) is 3.53. The lowest BCUT2D eigenvalue weighted by molar-refractivity contribution is -0.138. The molecular weight excluding hydrogens is 210 g/mol. The van der Waals surface area contributed by atoms with Crippen LogP contribution in [0.15, 0.2) is 12.4 Å². The number of hydrogen-bond donors (Lipinski definition) is 2. The van der Waals surface area contributed by atoms with E-state index in [0.29, 0.717) is 12.1 Å². The number of carboxylic acids is 1. The second-order valence-corrected chi connectivity index (χ2v) is 3.53. The number of hydrogen-bond acceptors (Lipinski definition) is 3. The summed E-state index contributed by atoms with van der Waals surface area (Å²) in [6.07, 6.45) is 2.87. The molecule has 0 aliphatic rings. The predicted molar refractivity (Wildman–Crippen MR) is 57.0 cm³/mol. The van der Waals surface area contributed by atoms with E-state index in [4.69, 9.17) is 5.11 Å². The number of carboxylic acid groups (broad SMARTS) is 1. The maximum Gasteiger partial charge on any atom is 0.305 e. The van der Waals surface area contributed by atoms with Gasteiger partial charge in [-0.1, -0.05) is 0 Å². The van der Waals surface area contributed by atoms with E-state index in [2.05, 4.69) is 10.2 Å².